The molecule has 0 amide bonds. The normalized spacial score (nSPS) is 12.4. The van der Waals surface area contributed by atoms with Crippen molar-refractivity contribution in [1.29, 1.82) is 0 Å². The minimum atomic E-state index is 0.117. The summed E-state index contributed by atoms with van der Waals surface area (Å²) in [5.41, 5.74) is 2.93. The number of hydrogen-bond donors (Lipinski definition) is 0. The lowest BCUT2D eigenvalue weighted by molar-refractivity contribution is 0.0993. The van der Waals surface area contributed by atoms with Crippen LogP contribution in [0.4, 0.5) is 0 Å². The second kappa shape index (κ2) is 5.37. The van der Waals surface area contributed by atoms with Crippen LogP contribution in [0.2, 0.25) is 0 Å². The Morgan fingerprint density at radius 1 is 1.00 bits per heavy atom. The molecule has 102 valence electrons. The first-order valence-corrected chi connectivity index (χ1v) is 6.77. The third kappa shape index (κ3) is 2.52. The number of Topliss-reactive ketones (excluding diaryl/α,β-unsaturated/α-hetero) is 1. The molecule has 3 heteroatoms. The Hall–Kier alpha value is -2.29. The summed E-state index contributed by atoms with van der Waals surface area (Å²) < 4.78 is 10.6. The molecule has 0 unspecified atom stereocenters. The molecule has 1 aliphatic heterocycles. The topological polar surface area (TPSA) is 35.5 Å². The van der Waals surface area contributed by atoms with Crippen LogP contribution in [0.5, 0.6) is 11.5 Å². The second-order valence-electron chi connectivity index (χ2n) is 4.84. The SMILES string of the molecule is CCc1ccc(C(=O)Cc2ccc3c(c2)OCO3)cc1. The number of carbonyl (C=O) groups excluding carboxylic acids is 1. The average Bonchev–Trinajstić information content (AvgIpc) is 2.95. The number of benzene rings is 2. The summed E-state index contributed by atoms with van der Waals surface area (Å²) in [7, 11) is 0. The molecule has 1 heterocycles. The first kappa shape index (κ1) is 12.7. The van der Waals surface area contributed by atoms with E-state index >= 15 is 0 Å². The zero-order chi connectivity index (χ0) is 13.9. The van der Waals surface area contributed by atoms with Gasteiger partial charge in [-0.3, -0.25) is 4.79 Å². The smallest absolute Gasteiger partial charge is 0.231 e. The number of carbonyl (C=O) groups is 1. The molecular weight excluding hydrogens is 252 g/mol. The highest BCUT2D eigenvalue weighted by atomic mass is 16.7. The van der Waals surface area contributed by atoms with E-state index in [9.17, 15) is 4.79 Å². The molecule has 0 fully saturated rings. The fraction of sp³-hybridized carbons (Fsp3) is 0.235. The van der Waals surface area contributed by atoms with Crippen molar-refractivity contribution in [3.05, 3.63) is 59.2 Å². The molecule has 0 N–H and O–H groups in total. The van der Waals surface area contributed by atoms with E-state index in [0.717, 1.165) is 29.0 Å². The molecule has 0 radical (unpaired) electrons. The van der Waals surface area contributed by atoms with Gasteiger partial charge in [-0.05, 0) is 29.7 Å². The van der Waals surface area contributed by atoms with Gasteiger partial charge in [0, 0.05) is 12.0 Å². The van der Waals surface area contributed by atoms with Crippen LogP contribution in [0.15, 0.2) is 42.5 Å². The van der Waals surface area contributed by atoms with Crippen molar-refractivity contribution in [1.82, 2.24) is 0 Å². The molecule has 2 aromatic carbocycles. The second-order valence-corrected chi connectivity index (χ2v) is 4.84. The largest absolute Gasteiger partial charge is 0.454 e. The van der Waals surface area contributed by atoms with Crippen molar-refractivity contribution >= 4 is 5.78 Å². The quantitative estimate of drug-likeness (QED) is 0.797. The van der Waals surface area contributed by atoms with E-state index in [2.05, 4.69) is 6.92 Å². The van der Waals surface area contributed by atoms with Crippen LogP contribution in [-0.4, -0.2) is 12.6 Å². The van der Waals surface area contributed by atoms with E-state index in [4.69, 9.17) is 9.47 Å². The van der Waals surface area contributed by atoms with Crippen molar-refractivity contribution in [2.24, 2.45) is 0 Å². The van der Waals surface area contributed by atoms with Crippen LogP contribution in [0.25, 0.3) is 0 Å². The zero-order valence-electron chi connectivity index (χ0n) is 11.4. The molecule has 0 saturated carbocycles. The molecule has 0 bridgehead atoms. The standard InChI is InChI=1S/C17H16O3/c1-2-12-3-6-14(7-4-12)15(18)9-13-5-8-16-17(10-13)20-11-19-16/h3-8,10H,2,9,11H2,1H3. The van der Waals surface area contributed by atoms with E-state index in [1.54, 1.807) is 0 Å². The Morgan fingerprint density at radius 3 is 2.45 bits per heavy atom. The van der Waals surface area contributed by atoms with Crippen LogP contribution >= 0.6 is 0 Å². The van der Waals surface area contributed by atoms with E-state index in [0.29, 0.717) is 6.42 Å². The van der Waals surface area contributed by atoms with Gasteiger partial charge in [-0.25, -0.2) is 0 Å². The van der Waals surface area contributed by atoms with Gasteiger partial charge in [-0.2, -0.15) is 0 Å². The summed E-state index contributed by atoms with van der Waals surface area (Å²) in [6.07, 6.45) is 1.36. The number of aryl methyl sites for hydroxylation is 1. The van der Waals surface area contributed by atoms with E-state index in [1.807, 2.05) is 42.5 Å². The van der Waals surface area contributed by atoms with Gasteiger partial charge < -0.3 is 9.47 Å². The summed E-state index contributed by atoms with van der Waals surface area (Å²) in [4.78, 5) is 12.2. The molecule has 0 aromatic heterocycles. The van der Waals surface area contributed by atoms with E-state index < -0.39 is 0 Å². The zero-order valence-corrected chi connectivity index (χ0v) is 11.4. The summed E-state index contributed by atoms with van der Waals surface area (Å²) in [6.45, 7) is 2.36. The van der Waals surface area contributed by atoms with Crippen LogP contribution in [-0.2, 0) is 12.8 Å². The summed E-state index contributed by atoms with van der Waals surface area (Å²) in [5.74, 6) is 1.58. The predicted octanol–water partition coefficient (Wildman–Crippen LogP) is 3.40. The molecule has 0 saturated heterocycles. The molecule has 2 aromatic rings. The fourth-order valence-electron chi connectivity index (χ4n) is 2.26. The maximum absolute atomic E-state index is 12.2. The maximum atomic E-state index is 12.2. The maximum Gasteiger partial charge on any atom is 0.231 e. The number of ketones is 1. The molecule has 0 atom stereocenters. The minimum Gasteiger partial charge on any atom is -0.454 e. The van der Waals surface area contributed by atoms with Crippen molar-refractivity contribution < 1.29 is 14.3 Å². The highest BCUT2D eigenvalue weighted by molar-refractivity contribution is 5.97. The number of rotatable bonds is 4. The number of fused-ring (bicyclic) bond motifs is 1. The molecule has 3 rings (SSSR count). The summed E-state index contributed by atoms with van der Waals surface area (Å²) in [5, 5.41) is 0. The predicted molar refractivity (Wildman–Crippen MR) is 76.4 cm³/mol. The molecular formula is C17H16O3. The number of ether oxygens (including phenoxy) is 2. The molecule has 20 heavy (non-hydrogen) atoms. The van der Waals surface area contributed by atoms with Gasteiger partial charge in [-0.15, -0.1) is 0 Å². The first-order chi connectivity index (χ1) is 9.76. The van der Waals surface area contributed by atoms with Crippen LogP contribution in [0.3, 0.4) is 0 Å². The Balaban J connectivity index is 1.75. The fourth-order valence-corrected chi connectivity index (χ4v) is 2.26. The van der Waals surface area contributed by atoms with Crippen molar-refractivity contribution in [2.75, 3.05) is 6.79 Å². The third-order valence-corrected chi connectivity index (χ3v) is 3.49. The van der Waals surface area contributed by atoms with Gasteiger partial charge in [0.1, 0.15) is 0 Å². The van der Waals surface area contributed by atoms with Gasteiger partial charge >= 0.3 is 0 Å². The Morgan fingerprint density at radius 2 is 1.70 bits per heavy atom. The lowest BCUT2D eigenvalue weighted by Crippen LogP contribution is -2.03. The van der Waals surface area contributed by atoms with Crippen molar-refractivity contribution in [2.45, 2.75) is 19.8 Å². The van der Waals surface area contributed by atoms with Gasteiger partial charge in [0.15, 0.2) is 17.3 Å². The monoisotopic (exact) mass is 268 g/mol. The van der Waals surface area contributed by atoms with Gasteiger partial charge in [-0.1, -0.05) is 37.3 Å². The van der Waals surface area contributed by atoms with Gasteiger partial charge in [0.2, 0.25) is 6.79 Å². The highest BCUT2D eigenvalue weighted by Gasteiger charge is 2.15. The van der Waals surface area contributed by atoms with Crippen LogP contribution < -0.4 is 9.47 Å². The van der Waals surface area contributed by atoms with Crippen LogP contribution in [0.1, 0.15) is 28.4 Å². The van der Waals surface area contributed by atoms with Crippen LogP contribution in [0, 0.1) is 0 Å². The summed E-state index contributed by atoms with van der Waals surface area (Å²) in [6, 6.07) is 13.4. The van der Waals surface area contributed by atoms with Crippen molar-refractivity contribution in [3.63, 3.8) is 0 Å². The third-order valence-electron chi connectivity index (χ3n) is 3.49. The Kier molecular flexibility index (Phi) is 3.42. The van der Waals surface area contributed by atoms with E-state index in [-0.39, 0.29) is 12.6 Å². The molecule has 0 spiro atoms. The minimum absolute atomic E-state index is 0.117. The van der Waals surface area contributed by atoms with Gasteiger partial charge in [0.25, 0.3) is 0 Å². The highest BCUT2D eigenvalue weighted by Crippen LogP contribution is 2.32. The first-order valence-electron chi connectivity index (χ1n) is 6.77. The average molecular weight is 268 g/mol. The molecule has 0 aliphatic carbocycles. The summed E-state index contributed by atoms with van der Waals surface area (Å²) >= 11 is 0. The Labute approximate surface area is 118 Å². The lowest BCUT2D eigenvalue weighted by Gasteiger charge is -2.04. The Bertz CT molecular complexity index is 629. The van der Waals surface area contributed by atoms with E-state index in [1.165, 1.54) is 5.56 Å². The molecule has 1 aliphatic rings. The van der Waals surface area contributed by atoms with Crippen molar-refractivity contribution in [3.8, 4) is 11.5 Å². The lowest BCUT2D eigenvalue weighted by atomic mass is 10.0. The number of hydrogen-bond acceptors (Lipinski definition) is 3. The molecule has 3 nitrogen and oxygen atoms in total. The van der Waals surface area contributed by atoms with Gasteiger partial charge in [0.05, 0.1) is 0 Å².